The number of hydrogen-bond donors (Lipinski definition) is 1. The summed E-state index contributed by atoms with van der Waals surface area (Å²) < 4.78 is 26.7. The van der Waals surface area contributed by atoms with Gasteiger partial charge in [0.1, 0.15) is 0 Å². The highest BCUT2D eigenvalue weighted by Crippen LogP contribution is 2.19. The second kappa shape index (κ2) is 12.2. The highest BCUT2D eigenvalue weighted by molar-refractivity contribution is 7.89. The Labute approximate surface area is 163 Å². The predicted octanol–water partition coefficient (Wildman–Crippen LogP) is 5.20. The van der Waals surface area contributed by atoms with Crippen LogP contribution in [-0.4, -0.2) is 31.8 Å². The highest BCUT2D eigenvalue weighted by Gasteiger charge is 2.28. The van der Waals surface area contributed by atoms with Crippen LogP contribution in [0.2, 0.25) is 5.02 Å². The third-order valence-electron chi connectivity index (χ3n) is 4.12. The molecule has 1 aromatic carbocycles. The number of halogens is 1. The number of sulfonamides is 1. The van der Waals surface area contributed by atoms with Gasteiger partial charge in [-0.2, -0.15) is 0 Å². The summed E-state index contributed by atoms with van der Waals surface area (Å²) >= 11 is 5.84. The zero-order chi connectivity index (χ0) is 19.4. The number of nitrogens with zero attached hydrogens (tertiary/aromatic N) is 1. The minimum atomic E-state index is -3.89. The molecule has 2 amide bonds. The van der Waals surface area contributed by atoms with Crippen LogP contribution >= 0.6 is 11.6 Å². The summed E-state index contributed by atoms with van der Waals surface area (Å²) in [5.74, 6) is 0. The normalized spacial score (nSPS) is 11.3. The molecule has 0 radical (unpaired) electrons. The summed E-state index contributed by atoms with van der Waals surface area (Å²) in [6.07, 6.45) is 8.18. The molecule has 0 aliphatic carbocycles. The lowest BCUT2D eigenvalue weighted by Gasteiger charge is -2.23. The van der Waals surface area contributed by atoms with Gasteiger partial charge in [0, 0.05) is 18.1 Å². The lowest BCUT2D eigenvalue weighted by molar-refractivity contribution is 0.222. The molecule has 0 aliphatic heterocycles. The van der Waals surface area contributed by atoms with Gasteiger partial charge in [-0.1, -0.05) is 64.0 Å². The Morgan fingerprint density at radius 2 is 1.54 bits per heavy atom. The van der Waals surface area contributed by atoms with Crippen molar-refractivity contribution in [3.05, 3.63) is 29.3 Å². The Morgan fingerprint density at radius 3 is 2.12 bits per heavy atom. The van der Waals surface area contributed by atoms with E-state index in [2.05, 4.69) is 12.2 Å². The maximum Gasteiger partial charge on any atom is 0.331 e. The van der Waals surface area contributed by atoms with E-state index in [9.17, 15) is 13.2 Å². The van der Waals surface area contributed by atoms with Crippen LogP contribution in [0.3, 0.4) is 0 Å². The van der Waals surface area contributed by atoms with E-state index in [0.717, 1.165) is 30.0 Å². The van der Waals surface area contributed by atoms with Gasteiger partial charge in [-0.05, 0) is 37.1 Å². The maximum absolute atomic E-state index is 12.9. The molecule has 0 aliphatic rings. The van der Waals surface area contributed by atoms with Crippen molar-refractivity contribution < 1.29 is 13.2 Å². The molecule has 0 spiro atoms. The highest BCUT2D eigenvalue weighted by atomic mass is 35.5. The van der Waals surface area contributed by atoms with Crippen LogP contribution in [0.5, 0.6) is 0 Å². The van der Waals surface area contributed by atoms with E-state index in [4.69, 9.17) is 11.6 Å². The molecule has 0 bridgehead atoms. The zero-order valence-corrected chi connectivity index (χ0v) is 17.4. The van der Waals surface area contributed by atoms with Crippen molar-refractivity contribution in [1.29, 1.82) is 0 Å². The van der Waals surface area contributed by atoms with Crippen molar-refractivity contribution in [3.8, 4) is 0 Å². The fraction of sp³-hybridized carbons (Fsp3) is 0.632. The van der Waals surface area contributed by atoms with Crippen LogP contribution in [-0.2, 0) is 10.0 Å². The zero-order valence-electron chi connectivity index (χ0n) is 15.8. The van der Waals surface area contributed by atoms with Crippen molar-refractivity contribution in [2.75, 3.05) is 13.1 Å². The summed E-state index contributed by atoms with van der Waals surface area (Å²) in [7, 11) is -3.89. The van der Waals surface area contributed by atoms with Crippen LogP contribution in [0, 0.1) is 0 Å². The number of carbonyl (C=O) groups excluding carboxylic acids is 1. The number of carbonyl (C=O) groups is 1. The molecule has 0 heterocycles. The van der Waals surface area contributed by atoms with Crippen LogP contribution in [0.15, 0.2) is 29.2 Å². The predicted molar refractivity (Wildman–Crippen MR) is 107 cm³/mol. The molecule has 0 unspecified atom stereocenters. The lowest BCUT2D eigenvalue weighted by atomic mass is 10.1. The van der Waals surface area contributed by atoms with Gasteiger partial charge in [-0.15, -0.1) is 0 Å². The smallest absolute Gasteiger partial charge is 0.331 e. The van der Waals surface area contributed by atoms with Crippen LogP contribution in [0.1, 0.15) is 65.2 Å². The van der Waals surface area contributed by atoms with E-state index in [-0.39, 0.29) is 11.4 Å². The van der Waals surface area contributed by atoms with Crippen LogP contribution in [0.4, 0.5) is 4.79 Å². The minimum Gasteiger partial charge on any atom is -0.337 e. The van der Waals surface area contributed by atoms with Gasteiger partial charge in [0.2, 0.25) is 0 Å². The molecule has 0 atom stereocenters. The number of nitrogens with one attached hydrogen (secondary N) is 1. The third-order valence-corrected chi connectivity index (χ3v) is 6.17. The van der Waals surface area contributed by atoms with Gasteiger partial charge in [-0.3, -0.25) is 0 Å². The Bertz CT molecular complexity index is 633. The Hall–Kier alpha value is -1.27. The number of urea groups is 1. The Balaban J connectivity index is 2.74. The van der Waals surface area contributed by atoms with Crippen LogP contribution in [0.25, 0.3) is 0 Å². The Morgan fingerprint density at radius 1 is 0.962 bits per heavy atom. The second-order valence-corrected chi connectivity index (χ2v) is 8.68. The molecule has 148 valence electrons. The summed E-state index contributed by atoms with van der Waals surface area (Å²) in [4.78, 5) is 12.5. The molecule has 0 saturated heterocycles. The van der Waals surface area contributed by atoms with Crippen molar-refractivity contribution >= 4 is 27.7 Å². The van der Waals surface area contributed by atoms with Crippen molar-refractivity contribution in [3.63, 3.8) is 0 Å². The van der Waals surface area contributed by atoms with Gasteiger partial charge >= 0.3 is 6.03 Å². The first-order valence-electron chi connectivity index (χ1n) is 9.49. The van der Waals surface area contributed by atoms with E-state index in [0.29, 0.717) is 18.0 Å². The third kappa shape index (κ3) is 7.54. The molecule has 1 aromatic rings. The quantitative estimate of drug-likeness (QED) is 0.488. The molecule has 1 rings (SSSR count). The van der Waals surface area contributed by atoms with Gasteiger partial charge in [0.05, 0.1) is 4.90 Å². The SMILES string of the molecule is CCCCCCCCCN(C(=O)NCCC)S(=O)(=O)c1ccc(Cl)cc1. The second-order valence-electron chi connectivity index (χ2n) is 6.38. The number of amides is 2. The maximum atomic E-state index is 12.9. The van der Waals surface area contributed by atoms with E-state index < -0.39 is 16.1 Å². The number of rotatable bonds is 12. The molecule has 0 fully saturated rings. The molecule has 7 heteroatoms. The van der Waals surface area contributed by atoms with Gasteiger partial charge in [0.25, 0.3) is 10.0 Å². The molecule has 1 N–H and O–H groups in total. The van der Waals surface area contributed by atoms with E-state index in [1.165, 1.54) is 43.5 Å². The summed E-state index contributed by atoms with van der Waals surface area (Å²) in [6.45, 7) is 4.74. The van der Waals surface area contributed by atoms with E-state index >= 15 is 0 Å². The molecule has 26 heavy (non-hydrogen) atoms. The average Bonchev–Trinajstić information content (AvgIpc) is 2.62. The topological polar surface area (TPSA) is 66.5 Å². The molecular weight excluding hydrogens is 372 g/mol. The molecular formula is C19H31ClN2O3S. The van der Waals surface area contributed by atoms with E-state index in [1.807, 2.05) is 6.92 Å². The monoisotopic (exact) mass is 402 g/mol. The van der Waals surface area contributed by atoms with Crippen molar-refractivity contribution in [2.45, 2.75) is 70.1 Å². The van der Waals surface area contributed by atoms with Crippen LogP contribution < -0.4 is 5.32 Å². The summed E-state index contributed by atoms with van der Waals surface area (Å²) in [6, 6.07) is 5.34. The standard InChI is InChI=1S/C19H31ClN2O3S/c1-3-5-6-7-8-9-10-16-22(19(23)21-15-4-2)26(24,25)18-13-11-17(20)12-14-18/h11-14H,3-10,15-16H2,1-2H3,(H,21,23). The summed E-state index contributed by atoms with van der Waals surface area (Å²) in [5, 5.41) is 3.13. The first kappa shape index (κ1) is 22.8. The average molecular weight is 403 g/mol. The van der Waals surface area contributed by atoms with Gasteiger partial charge in [0.15, 0.2) is 0 Å². The Kier molecular flexibility index (Phi) is 10.7. The molecule has 0 aromatic heterocycles. The first-order valence-corrected chi connectivity index (χ1v) is 11.3. The fourth-order valence-electron chi connectivity index (χ4n) is 2.60. The summed E-state index contributed by atoms with van der Waals surface area (Å²) in [5.41, 5.74) is 0. The fourth-order valence-corrected chi connectivity index (χ4v) is 4.11. The lowest BCUT2D eigenvalue weighted by Crippen LogP contribution is -2.44. The van der Waals surface area contributed by atoms with Gasteiger partial charge in [-0.25, -0.2) is 17.5 Å². The number of unbranched alkanes of at least 4 members (excludes halogenated alkanes) is 6. The number of benzene rings is 1. The largest absolute Gasteiger partial charge is 0.337 e. The molecule has 5 nitrogen and oxygen atoms in total. The van der Waals surface area contributed by atoms with Crippen molar-refractivity contribution in [1.82, 2.24) is 9.62 Å². The van der Waals surface area contributed by atoms with E-state index in [1.54, 1.807) is 0 Å². The minimum absolute atomic E-state index is 0.0801. The van der Waals surface area contributed by atoms with Crippen molar-refractivity contribution in [2.24, 2.45) is 0 Å². The first-order chi connectivity index (χ1) is 12.4. The van der Waals surface area contributed by atoms with Gasteiger partial charge < -0.3 is 5.32 Å². The number of hydrogen-bond acceptors (Lipinski definition) is 3. The molecule has 0 saturated carbocycles.